The van der Waals surface area contributed by atoms with Crippen LogP contribution in [0.1, 0.15) is 29.1 Å². The fourth-order valence-electron chi connectivity index (χ4n) is 1.28. The Morgan fingerprint density at radius 2 is 2.40 bits per heavy atom. The maximum atomic E-state index is 10.8. The predicted molar refractivity (Wildman–Crippen MR) is 56.8 cm³/mol. The zero-order valence-electron chi connectivity index (χ0n) is 8.52. The average Bonchev–Trinajstić information content (AvgIpc) is 2.48. The summed E-state index contributed by atoms with van der Waals surface area (Å²) in [6, 6.07) is 0. The minimum Gasteiger partial charge on any atom is -0.477 e. The van der Waals surface area contributed by atoms with Gasteiger partial charge < -0.3 is 5.11 Å². The Kier molecular flexibility index (Phi) is 3.71. The second kappa shape index (κ2) is 4.82. The van der Waals surface area contributed by atoms with E-state index in [0.717, 1.165) is 23.3 Å². The first-order chi connectivity index (χ1) is 7.06. The number of hydrogen-bond acceptors (Lipinski definition) is 4. The number of carboxylic acids is 1. The van der Waals surface area contributed by atoms with Crippen molar-refractivity contribution in [3.8, 4) is 0 Å². The van der Waals surface area contributed by atoms with Gasteiger partial charge in [-0.05, 0) is 23.3 Å². The molecule has 0 saturated carbocycles. The Morgan fingerprint density at radius 3 is 2.87 bits per heavy atom. The molecule has 1 rings (SSSR count). The molecule has 0 atom stereocenters. The summed E-state index contributed by atoms with van der Waals surface area (Å²) in [6.07, 6.45) is 0.748. The molecule has 0 fully saturated rings. The zero-order valence-corrected chi connectivity index (χ0v) is 9.34. The molecule has 0 aliphatic heterocycles. The third-order valence-corrected chi connectivity index (χ3v) is 2.82. The standard InChI is InChI=1S/C9H11N3O2S/c1-5(2)3-6-4-15-8(9(13)14)7(6)11-12-10/h4-5,10H,3H2,1-2H3/p+1. The highest BCUT2D eigenvalue weighted by molar-refractivity contribution is 7.12. The number of thiophene rings is 1. The van der Waals surface area contributed by atoms with Gasteiger partial charge in [0.15, 0.2) is 10.8 Å². The van der Waals surface area contributed by atoms with Gasteiger partial charge in [0.25, 0.3) is 0 Å². The molecule has 5 nitrogen and oxygen atoms in total. The molecule has 2 N–H and O–H groups in total. The minimum atomic E-state index is -1.02. The molecule has 0 bridgehead atoms. The SMILES string of the molecule is CC(C)Cc1csc(C(=O)O)c1N=[N+]=N. The van der Waals surface area contributed by atoms with Crippen LogP contribution >= 0.6 is 11.3 Å². The number of nitrogens with zero attached hydrogens (tertiary/aromatic N) is 2. The lowest BCUT2D eigenvalue weighted by atomic mass is 10.0. The normalized spacial score (nSPS) is 10.1. The second-order valence-electron chi connectivity index (χ2n) is 3.54. The van der Waals surface area contributed by atoms with Crippen LogP contribution in [0.5, 0.6) is 0 Å². The summed E-state index contributed by atoms with van der Waals surface area (Å²) in [5, 5.41) is 14.2. The van der Waals surface area contributed by atoms with E-state index in [1.807, 2.05) is 13.8 Å². The molecule has 1 aromatic rings. The summed E-state index contributed by atoms with van der Waals surface area (Å²) in [5.74, 6) is -0.599. The molecular formula is C9H12N3O2S+. The fraction of sp³-hybridized carbons (Fsp3) is 0.444. The molecule has 0 aliphatic carbocycles. The zero-order chi connectivity index (χ0) is 11.4. The molecule has 1 aromatic heterocycles. The topological polar surface area (TPSA) is 87.6 Å². The van der Waals surface area contributed by atoms with Gasteiger partial charge in [0, 0.05) is 0 Å². The summed E-state index contributed by atoms with van der Waals surface area (Å²) < 4.78 is 0. The summed E-state index contributed by atoms with van der Waals surface area (Å²) >= 11 is 1.13. The monoisotopic (exact) mass is 226 g/mol. The summed E-state index contributed by atoms with van der Waals surface area (Å²) in [5.41, 5.74) is 7.85. The van der Waals surface area contributed by atoms with Gasteiger partial charge in [0.05, 0.1) is 0 Å². The van der Waals surface area contributed by atoms with Crippen LogP contribution in [0.4, 0.5) is 5.69 Å². The van der Waals surface area contributed by atoms with Crippen molar-refractivity contribution in [1.29, 1.82) is 5.53 Å². The first-order valence-corrected chi connectivity index (χ1v) is 5.35. The Bertz CT molecular complexity index is 419. The van der Waals surface area contributed by atoms with E-state index in [9.17, 15) is 4.79 Å². The largest absolute Gasteiger partial charge is 0.477 e. The first-order valence-electron chi connectivity index (χ1n) is 4.47. The van der Waals surface area contributed by atoms with E-state index in [1.54, 1.807) is 5.38 Å². The van der Waals surface area contributed by atoms with E-state index in [-0.39, 0.29) is 4.88 Å². The van der Waals surface area contributed by atoms with Crippen LogP contribution in [0, 0.1) is 11.4 Å². The van der Waals surface area contributed by atoms with Crippen LogP contribution in [-0.4, -0.2) is 11.1 Å². The van der Waals surface area contributed by atoms with Crippen molar-refractivity contribution < 1.29 is 9.90 Å². The molecule has 0 radical (unpaired) electrons. The van der Waals surface area contributed by atoms with E-state index in [2.05, 4.69) is 10.0 Å². The lowest BCUT2D eigenvalue weighted by molar-refractivity contribution is 0.0703. The van der Waals surface area contributed by atoms with E-state index < -0.39 is 5.97 Å². The predicted octanol–water partition coefficient (Wildman–Crippen LogP) is 2.83. The van der Waals surface area contributed by atoms with E-state index in [0.29, 0.717) is 11.6 Å². The van der Waals surface area contributed by atoms with Crippen LogP contribution in [0.25, 0.3) is 0 Å². The van der Waals surface area contributed by atoms with Gasteiger partial charge >= 0.3 is 5.97 Å². The van der Waals surface area contributed by atoms with Gasteiger partial charge in [-0.15, -0.1) is 11.3 Å². The van der Waals surface area contributed by atoms with Crippen LogP contribution in [-0.2, 0) is 6.42 Å². The van der Waals surface area contributed by atoms with Crippen molar-refractivity contribution in [1.82, 2.24) is 4.91 Å². The molecule has 0 aliphatic rings. The number of carbonyl (C=O) groups is 1. The number of aromatic carboxylic acids is 1. The second-order valence-corrected chi connectivity index (χ2v) is 4.42. The molecule has 6 heteroatoms. The molecule has 0 amide bonds. The van der Waals surface area contributed by atoms with Gasteiger partial charge in [-0.2, -0.15) is 0 Å². The first kappa shape index (κ1) is 11.6. The van der Waals surface area contributed by atoms with Crippen LogP contribution in [0.2, 0.25) is 0 Å². The molecule has 0 aromatic carbocycles. The van der Waals surface area contributed by atoms with Crippen molar-refractivity contribution in [2.24, 2.45) is 11.0 Å². The molecule has 1 heterocycles. The van der Waals surface area contributed by atoms with Gasteiger partial charge in [-0.1, -0.05) is 13.8 Å². The third kappa shape index (κ3) is 2.71. The van der Waals surface area contributed by atoms with Gasteiger partial charge in [0.2, 0.25) is 4.91 Å². The van der Waals surface area contributed by atoms with E-state index >= 15 is 0 Å². The highest BCUT2D eigenvalue weighted by Gasteiger charge is 2.20. The maximum Gasteiger partial charge on any atom is 0.348 e. The quantitative estimate of drug-likeness (QED) is 0.610. The maximum absolute atomic E-state index is 10.8. The van der Waals surface area contributed by atoms with E-state index in [1.165, 1.54) is 0 Å². The Hall–Kier alpha value is -1.52. The Morgan fingerprint density at radius 1 is 1.73 bits per heavy atom. The Balaban J connectivity index is 3.17. The van der Waals surface area contributed by atoms with Gasteiger partial charge in [0.1, 0.15) is 10.4 Å². The van der Waals surface area contributed by atoms with Gasteiger partial charge in [-0.25, -0.2) is 4.79 Å². The molecule has 15 heavy (non-hydrogen) atoms. The molecule has 0 spiro atoms. The third-order valence-electron chi connectivity index (χ3n) is 1.81. The molecular weight excluding hydrogens is 214 g/mol. The number of carboxylic acid groups (broad SMARTS) is 1. The lowest BCUT2D eigenvalue weighted by Gasteiger charge is -2.00. The van der Waals surface area contributed by atoms with Crippen LogP contribution in [0.15, 0.2) is 10.5 Å². The van der Waals surface area contributed by atoms with Gasteiger partial charge in [-0.3, -0.25) is 0 Å². The molecule has 0 saturated heterocycles. The molecule has 80 valence electrons. The number of rotatable bonds is 4. The summed E-state index contributed by atoms with van der Waals surface area (Å²) in [7, 11) is 0. The fourth-order valence-corrected chi connectivity index (χ4v) is 2.14. The van der Waals surface area contributed by atoms with Crippen molar-refractivity contribution in [2.75, 3.05) is 0 Å². The summed E-state index contributed by atoms with van der Waals surface area (Å²) in [6.45, 7) is 4.08. The van der Waals surface area contributed by atoms with Crippen molar-refractivity contribution in [3.05, 3.63) is 15.8 Å². The van der Waals surface area contributed by atoms with Crippen molar-refractivity contribution in [2.45, 2.75) is 20.3 Å². The van der Waals surface area contributed by atoms with Crippen molar-refractivity contribution in [3.63, 3.8) is 0 Å². The highest BCUT2D eigenvalue weighted by Crippen LogP contribution is 2.32. The smallest absolute Gasteiger partial charge is 0.348 e. The Labute approximate surface area is 91.0 Å². The highest BCUT2D eigenvalue weighted by atomic mass is 32.1. The average molecular weight is 226 g/mol. The number of nitrogens with one attached hydrogen (secondary N) is 1. The van der Waals surface area contributed by atoms with Crippen molar-refractivity contribution >= 4 is 23.0 Å². The number of hydrogen-bond donors (Lipinski definition) is 2. The minimum absolute atomic E-state index is 0.154. The molecule has 0 unspecified atom stereocenters. The lowest BCUT2D eigenvalue weighted by Crippen LogP contribution is -1.95. The van der Waals surface area contributed by atoms with Crippen LogP contribution < -0.4 is 4.91 Å². The van der Waals surface area contributed by atoms with Crippen LogP contribution in [0.3, 0.4) is 0 Å². The summed E-state index contributed by atoms with van der Waals surface area (Å²) in [4.78, 5) is 13.9. The van der Waals surface area contributed by atoms with E-state index in [4.69, 9.17) is 10.6 Å².